The number of carbonyl (C=O) groups is 1. The molecule has 1 amide bonds. The highest BCUT2D eigenvalue weighted by Gasteiger charge is 2.18. The van der Waals surface area contributed by atoms with Gasteiger partial charge in [0.05, 0.1) is 6.04 Å². The van der Waals surface area contributed by atoms with E-state index in [1.807, 2.05) is 91.0 Å². The van der Waals surface area contributed by atoms with Crippen molar-refractivity contribution in [3.63, 3.8) is 0 Å². The Morgan fingerprint density at radius 3 is 1.97 bits per heavy atom. The first-order valence-electron chi connectivity index (χ1n) is 9.32. The average molecular weight is 399 g/mol. The molecule has 1 atom stereocenters. The van der Waals surface area contributed by atoms with Gasteiger partial charge in [-0.25, -0.2) is 0 Å². The lowest BCUT2D eigenvalue weighted by atomic mass is 9.98. The van der Waals surface area contributed by atoms with E-state index < -0.39 is 0 Å². The van der Waals surface area contributed by atoms with E-state index in [9.17, 15) is 4.79 Å². The van der Waals surface area contributed by atoms with E-state index in [1.165, 1.54) is 0 Å². The molecule has 1 N–H and O–H groups in total. The molecule has 0 spiro atoms. The summed E-state index contributed by atoms with van der Waals surface area (Å²) in [5.74, 6) is -0.130. The molecule has 0 aliphatic carbocycles. The average Bonchev–Trinajstić information content (AvgIpc) is 2.79. The molecule has 0 saturated carbocycles. The summed E-state index contributed by atoms with van der Waals surface area (Å²) in [5, 5.41) is 3.82. The van der Waals surface area contributed by atoms with Crippen molar-refractivity contribution >= 4 is 17.5 Å². The van der Waals surface area contributed by atoms with Gasteiger partial charge in [-0.15, -0.1) is 0 Å². The van der Waals surface area contributed by atoms with E-state index in [0.29, 0.717) is 10.6 Å². The SMILES string of the molecule is O=C(NC(c1ccccc1)c1ccc(Cl)cc1)c1ccc(-c2ccncc2)cc1. The van der Waals surface area contributed by atoms with Crippen molar-refractivity contribution in [1.29, 1.82) is 0 Å². The van der Waals surface area contributed by atoms with Crippen LogP contribution in [-0.2, 0) is 0 Å². The molecule has 4 rings (SSSR count). The summed E-state index contributed by atoms with van der Waals surface area (Å²) in [6.45, 7) is 0. The van der Waals surface area contributed by atoms with Crippen molar-refractivity contribution in [3.05, 3.63) is 125 Å². The number of halogens is 1. The lowest BCUT2D eigenvalue weighted by Gasteiger charge is -2.20. The van der Waals surface area contributed by atoms with Crippen LogP contribution in [0.25, 0.3) is 11.1 Å². The first-order valence-corrected chi connectivity index (χ1v) is 9.70. The van der Waals surface area contributed by atoms with Crippen LogP contribution in [-0.4, -0.2) is 10.9 Å². The molecule has 3 aromatic carbocycles. The fourth-order valence-corrected chi connectivity index (χ4v) is 3.36. The molecule has 1 unspecified atom stereocenters. The monoisotopic (exact) mass is 398 g/mol. The van der Waals surface area contributed by atoms with Crippen LogP contribution in [0.3, 0.4) is 0 Å². The van der Waals surface area contributed by atoms with Gasteiger partial charge in [-0.1, -0.05) is 66.2 Å². The van der Waals surface area contributed by atoms with Gasteiger partial charge in [0.25, 0.3) is 5.91 Å². The minimum Gasteiger partial charge on any atom is -0.341 e. The van der Waals surface area contributed by atoms with Gasteiger partial charge in [0.15, 0.2) is 0 Å². The number of hydrogen-bond acceptors (Lipinski definition) is 2. The van der Waals surface area contributed by atoms with Gasteiger partial charge in [-0.05, 0) is 58.7 Å². The Balaban J connectivity index is 1.59. The summed E-state index contributed by atoms with van der Waals surface area (Å²) in [6, 6.07) is 28.7. The highest BCUT2D eigenvalue weighted by molar-refractivity contribution is 6.30. The molecule has 4 heteroatoms. The van der Waals surface area contributed by atoms with E-state index in [4.69, 9.17) is 11.6 Å². The smallest absolute Gasteiger partial charge is 0.252 e. The normalized spacial score (nSPS) is 11.6. The standard InChI is InChI=1S/C25H19ClN2O/c26-23-12-10-21(11-13-23)24(20-4-2-1-3-5-20)28-25(29)22-8-6-18(7-9-22)19-14-16-27-17-15-19/h1-17,24H,(H,28,29). The Labute approximate surface area is 175 Å². The number of hydrogen-bond donors (Lipinski definition) is 1. The maximum absolute atomic E-state index is 13.0. The molecular formula is C25H19ClN2O. The third-order valence-electron chi connectivity index (χ3n) is 4.77. The van der Waals surface area contributed by atoms with Crippen molar-refractivity contribution in [2.75, 3.05) is 0 Å². The largest absolute Gasteiger partial charge is 0.341 e. The zero-order valence-electron chi connectivity index (χ0n) is 15.6. The van der Waals surface area contributed by atoms with Crippen molar-refractivity contribution in [2.24, 2.45) is 0 Å². The van der Waals surface area contributed by atoms with Crippen molar-refractivity contribution in [1.82, 2.24) is 10.3 Å². The molecule has 1 heterocycles. The van der Waals surface area contributed by atoms with Crippen LogP contribution in [0.2, 0.25) is 5.02 Å². The second kappa shape index (κ2) is 8.72. The Morgan fingerprint density at radius 1 is 0.724 bits per heavy atom. The molecule has 142 valence electrons. The van der Waals surface area contributed by atoms with Crippen LogP contribution >= 0.6 is 11.6 Å². The number of benzene rings is 3. The first kappa shape index (κ1) is 18.9. The summed E-state index contributed by atoms with van der Waals surface area (Å²) in [7, 11) is 0. The van der Waals surface area contributed by atoms with Gasteiger partial charge in [0, 0.05) is 23.0 Å². The van der Waals surface area contributed by atoms with Crippen molar-refractivity contribution in [2.45, 2.75) is 6.04 Å². The Bertz CT molecular complexity index is 1080. The second-order valence-corrected chi connectivity index (χ2v) is 7.12. The van der Waals surface area contributed by atoms with Crippen molar-refractivity contribution in [3.8, 4) is 11.1 Å². The zero-order chi connectivity index (χ0) is 20.1. The quantitative estimate of drug-likeness (QED) is 0.453. The minimum atomic E-state index is -0.263. The number of aromatic nitrogens is 1. The minimum absolute atomic E-state index is 0.130. The summed E-state index contributed by atoms with van der Waals surface area (Å²) >= 11 is 6.04. The molecule has 0 saturated heterocycles. The van der Waals surface area contributed by atoms with E-state index in [0.717, 1.165) is 22.3 Å². The number of amides is 1. The maximum Gasteiger partial charge on any atom is 0.252 e. The van der Waals surface area contributed by atoms with Gasteiger partial charge < -0.3 is 5.32 Å². The van der Waals surface area contributed by atoms with E-state index in [-0.39, 0.29) is 11.9 Å². The van der Waals surface area contributed by atoms with Gasteiger partial charge in [0.2, 0.25) is 0 Å². The Hall–Kier alpha value is -3.43. The Kier molecular flexibility index (Phi) is 5.68. The van der Waals surface area contributed by atoms with E-state index in [2.05, 4.69) is 10.3 Å². The summed E-state index contributed by atoms with van der Waals surface area (Å²) in [4.78, 5) is 17.0. The first-order chi connectivity index (χ1) is 14.2. The molecule has 3 nitrogen and oxygen atoms in total. The van der Waals surface area contributed by atoms with Gasteiger partial charge in [-0.2, -0.15) is 0 Å². The van der Waals surface area contributed by atoms with Crippen LogP contribution in [0.5, 0.6) is 0 Å². The maximum atomic E-state index is 13.0. The van der Waals surface area contributed by atoms with Crippen LogP contribution in [0.15, 0.2) is 103 Å². The second-order valence-electron chi connectivity index (χ2n) is 6.68. The molecule has 0 bridgehead atoms. The van der Waals surface area contributed by atoms with Crippen molar-refractivity contribution < 1.29 is 4.79 Å². The number of rotatable bonds is 5. The number of pyridine rings is 1. The third kappa shape index (κ3) is 4.53. The highest BCUT2D eigenvalue weighted by atomic mass is 35.5. The molecular weight excluding hydrogens is 380 g/mol. The lowest BCUT2D eigenvalue weighted by molar-refractivity contribution is 0.0943. The van der Waals surface area contributed by atoms with E-state index in [1.54, 1.807) is 12.4 Å². The van der Waals surface area contributed by atoms with E-state index >= 15 is 0 Å². The number of nitrogens with zero attached hydrogens (tertiary/aromatic N) is 1. The molecule has 4 aromatic rings. The van der Waals surface area contributed by atoms with Gasteiger partial charge >= 0.3 is 0 Å². The molecule has 0 radical (unpaired) electrons. The number of nitrogens with one attached hydrogen (secondary N) is 1. The lowest BCUT2D eigenvalue weighted by Crippen LogP contribution is -2.29. The molecule has 1 aromatic heterocycles. The summed E-state index contributed by atoms with van der Waals surface area (Å²) in [6.07, 6.45) is 3.51. The van der Waals surface area contributed by atoms with Gasteiger partial charge in [0.1, 0.15) is 0 Å². The van der Waals surface area contributed by atoms with Crippen LogP contribution in [0.1, 0.15) is 27.5 Å². The zero-order valence-corrected chi connectivity index (χ0v) is 16.4. The predicted octanol–water partition coefficient (Wildman–Crippen LogP) is 5.92. The predicted molar refractivity (Wildman–Crippen MR) is 117 cm³/mol. The molecule has 29 heavy (non-hydrogen) atoms. The summed E-state index contributed by atoms with van der Waals surface area (Å²) in [5.41, 5.74) is 4.70. The van der Waals surface area contributed by atoms with Crippen LogP contribution < -0.4 is 5.32 Å². The highest BCUT2D eigenvalue weighted by Crippen LogP contribution is 2.25. The fraction of sp³-hybridized carbons (Fsp3) is 0.0400. The molecule has 0 aliphatic heterocycles. The van der Waals surface area contributed by atoms with Crippen LogP contribution in [0, 0.1) is 0 Å². The van der Waals surface area contributed by atoms with Gasteiger partial charge in [-0.3, -0.25) is 9.78 Å². The third-order valence-corrected chi connectivity index (χ3v) is 5.02. The fourth-order valence-electron chi connectivity index (χ4n) is 3.23. The van der Waals surface area contributed by atoms with Crippen LogP contribution in [0.4, 0.5) is 0 Å². The Morgan fingerprint density at radius 2 is 1.31 bits per heavy atom. The summed E-state index contributed by atoms with van der Waals surface area (Å²) < 4.78 is 0. The number of carbonyl (C=O) groups excluding carboxylic acids is 1. The molecule has 0 fully saturated rings. The topological polar surface area (TPSA) is 42.0 Å². The molecule has 0 aliphatic rings.